The molecule has 0 unspecified atom stereocenters. The van der Waals surface area contributed by atoms with Crippen LogP contribution in [0.25, 0.3) is 11.3 Å². The Morgan fingerprint density at radius 3 is 2.75 bits per heavy atom. The molecule has 1 fully saturated rings. The number of rotatable bonds is 5. The van der Waals surface area contributed by atoms with Gasteiger partial charge in [0.1, 0.15) is 17.3 Å². The Morgan fingerprint density at radius 2 is 2.04 bits per heavy atom. The highest BCUT2D eigenvalue weighted by Crippen LogP contribution is 2.43. The summed E-state index contributed by atoms with van der Waals surface area (Å²) in [5.74, 6) is 2.73. The molecule has 0 saturated heterocycles. The van der Waals surface area contributed by atoms with Crippen LogP contribution in [0.2, 0.25) is 0 Å². The highest BCUT2D eigenvalue weighted by Gasteiger charge is 2.28. The van der Waals surface area contributed by atoms with Crippen molar-refractivity contribution in [2.75, 3.05) is 18.2 Å². The standard InChI is InChI=1S/C17H17N5O2/c1-23-12-6-4-11(5-7-12)14-8-15(24-22-14)20-16-13(10-2-3-10)9-19-17(18)21-16/h4-10H,2-3H2,1H3,(H3,18,19,20,21). The number of benzene rings is 1. The molecule has 1 aliphatic carbocycles. The quantitative estimate of drug-likeness (QED) is 0.742. The van der Waals surface area contributed by atoms with Gasteiger partial charge < -0.3 is 20.3 Å². The first kappa shape index (κ1) is 14.5. The lowest BCUT2D eigenvalue weighted by atomic mass is 10.1. The number of anilines is 3. The first-order valence-corrected chi connectivity index (χ1v) is 7.73. The number of nitrogens with zero attached hydrogens (tertiary/aromatic N) is 3. The van der Waals surface area contributed by atoms with Crippen LogP contribution >= 0.6 is 0 Å². The maximum absolute atomic E-state index is 5.70. The van der Waals surface area contributed by atoms with Gasteiger partial charge in [-0.1, -0.05) is 5.16 Å². The van der Waals surface area contributed by atoms with E-state index in [0.717, 1.165) is 35.4 Å². The number of hydrogen-bond donors (Lipinski definition) is 2. The summed E-state index contributed by atoms with van der Waals surface area (Å²) in [6.07, 6.45) is 4.08. The molecule has 122 valence electrons. The van der Waals surface area contributed by atoms with Crippen LogP contribution < -0.4 is 15.8 Å². The molecule has 0 amide bonds. The van der Waals surface area contributed by atoms with Crippen LogP contribution in [0.4, 0.5) is 17.7 Å². The van der Waals surface area contributed by atoms with Crippen molar-refractivity contribution in [2.24, 2.45) is 0 Å². The smallest absolute Gasteiger partial charge is 0.230 e. The Balaban J connectivity index is 1.58. The Morgan fingerprint density at radius 1 is 1.25 bits per heavy atom. The number of hydrogen-bond acceptors (Lipinski definition) is 7. The van der Waals surface area contributed by atoms with Crippen LogP contribution in [-0.2, 0) is 0 Å². The lowest BCUT2D eigenvalue weighted by Crippen LogP contribution is -2.03. The minimum Gasteiger partial charge on any atom is -0.497 e. The largest absolute Gasteiger partial charge is 0.497 e. The van der Waals surface area contributed by atoms with E-state index in [1.165, 1.54) is 0 Å². The fourth-order valence-corrected chi connectivity index (χ4v) is 2.55. The van der Waals surface area contributed by atoms with Crippen LogP contribution in [0.5, 0.6) is 5.75 Å². The molecule has 0 spiro atoms. The van der Waals surface area contributed by atoms with Crippen molar-refractivity contribution in [3.8, 4) is 17.0 Å². The Labute approximate surface area is 138 Å². The average molecular weight is 323 g/mol. The van der Waals surface area contributed by atoms with E-state index in [1.807, 2.05) is 30.3 Å². The molecule has 1 aromatic carbocycles. The van der Waals surface area contributed by atoms with E-state index >= 15 is 0 Å². The number of nitrogen functional groups attached to an aromatic ring is 1. The monoisotopic (exact) mass is 323 g/mol. The normalized spacial score (nSPS) is 13.7. The summed E-state index contributed by atoms with van der Waals surface area (Å²) >= 11 is 0. The Hall–Kier alpha value is -3.09. The van der Waals surface area contributed by atoms with Crippen molar-refractivity contribution in [2.45, 2.75) is 18.8 Å². The van der Waals surface area contributed by atoms with Gasteiger partial charge in [-0.25, -0.2) is 4.98 Å². The lowest BCUT2D eigenvalue weighted by Gasteiger charge is -2.07. The van der Waals surface area contributed by atoms with Gasteiger partial charge in [0.15, 0.2) is 0 Å². The van der Waals surface area contributed by atoms with Gasteiger partial charge in [0.2, 0.25) is 11.8 Å². The van der Waals surface area contributed by atoms with Crippen LogP contribution in [0.1, 0.15) is 24.3 Å². The first-order valence-electron chi connectivity index (χ1n) is 7.73. The van der Waals surface area contributed by atoms with Crippen molar-refractivity contribution in [3.63, 3.8) is 0 Å². The average Bonchev–Trinajstić information content (AvgIpc) is 3.34. The third-order valence-corrected chi connectivity index (χ3v) is 3.99. The highest BCUT2D eigenvalue weighted by atomic mass is 16.5. The van der Waals surface area contributed by atoms with Crippen molar-refractivity contribution in [3.05, 3.63) is 42.1 Å². The second kappa shape index (κ2) is 5.84. The molecule has 3 aromatic rings. The van der Waals surface area contributed by atoms with Crippen molar-refractivity contribution in [1.29, 1.82) is 0 Å². The van der Waals surface area contributed by atoms with Gasteiger partial charge in [-0.2, -0.15) is 4.98 Å². The molecule has 7 heteroatoms. The van der Waals surface area contributed by atoms with Gasteiger partial charge in [0.25, 0.3) is 0 Å². The minimum atomic E-state index is 0.233. The zero-order chi connectivity index (χ0) is 16.5. The summed E-state index contributed by atoms with van der Waals surface area (Å²) < 4.78 is 10.5. The second-order valence-electron chi connectivity index (χ2n) is 5.74. The molecule has 24 heavy (non-hydrogen) atoms. The minimum absolute atomic E-state index is 0.233. The predicted molar refractivity (Wildman–Crippen MR) is 90.2 cm³/mol. The van der Waals surface area contributed by atoms with Crippen LogP contribution in [0.15, 0.2) is 41.1 Å². The summed E-state index contributed by atoms with van der Waals surface area (Å²) in [5, 5.41) is 7.26. The maximum atomic E-state index is 5.70. The molecule has 3 N–H and O–H groups in total. The van der Waals surface area contributed by atoms with Gasteiger partial charge >= 0.3 is 0 Å². The van der Waals surface area contributed by atoms with Crippen molar-refractivity contribution < 1.29 is 9.26 Å². The summed E-state index contributed by atoms with van der Waals surface area (Å²) in [6, 6.07) is 9.45. The third kappa shape index (κ3) is 2.88. The van der Waals surface area contributed by atoms with E-state index in [0.29, 0.717) is 17.6 Å². The Bertz CT molecular complexity index is 856. The number of methoxy groups -OCH3 is 1. The van der Waals surface area contributed by atoms with Crippen LogP contribution in [-0.4, -0.2) is 22.2 Å². The van der Waals surface area contributed by atoms with E-state index in [4.69, 9.17) is 15.0 Å². The molecule has 0 bridgehead atoms. The van der Waals surface area contributed by atoms with Gasteiger partial charge in [0.05, 0.1) is 7.11 Å². The van der Waals surface area contributed by atoms with Gasteiger partial charge in [-0.3, -0.25) is 0 Å². The van der Waals surface area contributed by atoms with E-state index in [2.05, 4.69) is 20.4 Å². The molecule has 7 nitrogen and oxygen atoms in total. The second-order valence-corrected chi connectivity index (χ2v) is 5.74. The molecular weight excluding hydrogens is 306 g/mol. The summed E-state index contributed by atoms with van der Waals surface area (Å²) in [5.41, 5.74) is 8.44. The summed E-state index contributed by atoms with van der Waals surface area (Å²) in [6.45, 7) is 0. The fraction of sp³-hybridized carbons (Fsp3) is 0.235. The molecule has 0 atom stereocenters. The molecule has 0 radical (unpaired) electrons. The van der Waals surface area contributed by atoms with Crippen LogP contribution in [0, 0.1) is 0 Å². The molecule has 2 heterocycles. The topological polar surface area (TPSA) is 99.1 Å². The lowest BCUT2D eigenvalue weighted by molar-refractivity contribution is 0.415. The number of ether oxygens (including phenoxy) is 1. The summed E-state index contributed by atoms with van der Waals surface area (Å²) in [4.78, 5) is 8.37. The number of nitrogens with two attached hydrogens (primary N) is 1. The molecular formula is C17H17N5O2. The van der Waals surface area contributed by atoms with Gasteiger partial charge in [-0.05, 0) is 43.0 Å². The van der Waals surface area contributed by atoms with Crippen molar-refractivity contribution >= 4 is 17.7 Å². The fourth-order valence-electron chi connectivity index (χ4n) is 2.55. The molecule has 2 aromatic heterocycles. The highest BCUT2D eigenvalue weighted by molar-refractivity contribution is 5.65. The SMILES string of the molecule is COc1ccc(-c2cc(Nc3nc(N)ncc3C3CC3)on2)cc1. The molecule has 1 aliphatic rings. The summed E-state index contributed by atoms with van der Waals surface area (Å²) in [7, 11) is 1.64. The van der Waals surface area contributed by atoms with Gasteiger partial charge in [-0.15, -0.1) is 0 Å². The van der Waals surface area contributed by atoms with E-state index in [1.54, 1.807) is 13.3 Å². The van der Waals surface area contributed by atoms with E-state index in [-0.39, 0.29) is 5.95 Å². The number of nitrogens with one attached hydrogen (secondary N) is 1. The zero-order valence-electron chi connectivity index (χ0n) is 13.2. The predicted octanol–water partition coefficient (Wildman–Crippen LogP) is 3.34. The van der Waals surface area contributed by atoms with Crippen molar-refractivity contribution in [1.82, 2.24) is 15.1 Å². The number of aromatic nitrogens is 3. The van der Waals surface area contributed by atoms with Gasteiger partial charge in [0, 0.05) is 23.4 Å². The maximum Gasteiger partial charge on any atom is 0.230 e. The van der Waals surface area contributed by atoms with E-state index < -0.39 is 0 Å². The third-order valence-electron chi connectivity index (χ3n) is 3.99. The Kier molecular flexibility index (Phi) is 3.53. The molecule has 1 saturated carbocycles. The first-order chi connectivity index (χ1) is 11.7. The zero-order valence-corrected chi connectivity index (χ0v) is 13.2. The molecule has 0 aliphatic heterocycles. The van der Waals surface area contributed by atoms with Crippen LogP contribution in [0.3, 0.4) is 0 Å². The molecule has 4 rings (SSSR count). The van der Waals surface area contributed by atoms with E-state index in [9.17, 15) is 0 Å².